The quantitative estimate of drug-likeness (QED) is 0.880. The Kier molecular flexibility index (Phi) is 4.11. The summed E-state index contributed by atoms with van der Waals surface area (Å²) < 4.78 is 39.6. The molecule has 0 aliphatic rings. The van der Waals surface area contributed by atoms with Crippen molar-refractivity contribution in [3.63, 3.8) is 0 Å². The molecule has 2 N–H and O–H groups in total. The summed E-state index contributed by atoms with van der Waals surface area (Å²) in [4.78, 5) is -0.230. The van der Waals surface area contributed by atoms with Crippen molar-refractivity contribution in [1.82, 2.24) is 0 Å². The van der Waals surface area contributed by atoms with Crippen LogP contribution < -0.4 is 10.0 Å². The van der Waals surface area contributed by atoms with Crippen molar-refractivity contribution in [2.75, 3.05) is 17.1 Å². The summed E-state index contributed by atoms with van der Waals surface area (Å²) in [5.41, 5.74) is 6.56. The van der Waals surface area contributed by atoms with Gasteiger partial charge in [0, 0.05) is 7.05 Å². The van der Waals surface area contributed by atoms with E-state index < -0.39 is 15.8 Å². The molecule has 0 saturated heterocycles. The van der Waals surface area contributed by atoms with E-state index in [0.717, 1.165) is 22.0 Å². The fourth-order valence-electron chi connectivity index (χ4n) is 1.85. The number of rotatable bonds is 3. The highest BCUT2D eigenvalue weighted by Gasteiger charge is 2.25. The lowest BCUT2D eigenvalue weighted by molar-refractivity contribution is 0.593. The van der Waals surface area contributed by atoms with Crippen molar-refractivity contribution in [2.24, 2.45) is 0 Å². The van der Waals surface area contributed by atoms with Gasteiger partial charge in [-0.25, -0.2) is 12.8 Å². The second kappa shape index (κ2) is 5.54. The number of nitrogens with zero attached hydrogens (tertiary/aromatic N) is 1. The number of sulfonamides is 1. The predicted octanol–water partition coefficient (Wildman–Crippen LogP) is 3.19. The lowest BCUT2D eigenvalue weighted by atomic mass is 10.2. The van der Waals surface area contributed by atoms with E-state index in [1.807, 2.05) is 13.0 Å². The summed E-state index contributed by atoms with van der Waals surface area (Å²) in [6.45, 7) is 1.85. The third-order valence-corrected chi connectivity index (χ3v) is 5.31. The second-order valence-electron chi connectivity index (χ2n) is 4.62. The van der Waals surface area contributed by atoms with Gasteiger partial charge in [0.2, 0.25) is 0 Å². The van der Waals surface area contributed by atoms with Gasteiger partial charge < -0.3 is 5.73 Å². The molecule has 0 aliphatic carbocycles. The van der Waals surface area contributed by atoms with Crippen LogP contribution in [0.25, 0.3) is 0 Å². The number of hydrogen-bond donors (Lipinski definition) is 1. The molecule has 7 heteroatoms. The van der Waals surface area contributed by atoms with E-state index in [9.17, 15) is 12.8 Å². The summed E-state index contributed by atoms with van der Waals surface area (Å²) in [5, 5.41) is -0.207. The summed E-state index contributed by atoms with van der Waals surface area (Å²) in [5.74, 6) is -0.753. The van der Waals surface area contributed by atoms with Crippen LogP contribution >= 0.6 is 11.6 Å². The number of nitrogens with two attached hydrogens (primary N) is 1. The van der Waals surface area contributed by atoms with Crippen LogP contribution in [0.1, 0.15) is 5.56 Å². The first-order chi connectivity index (χ1) is 9.73. The number of hydrogen-bond acceptors (Lipinski definition) is 3. The van der Waals surface area contributed by atoms with Gasteiger partial charge >= 0.3 is 0 Å². The Bertz CT molecular complexity index is 794. The summed E-state index contributed by atoms with van der Waals surface area (Å²) in [7, 11) is -2.52. The van der Waals surface area contributed by atoms with Gasteiger partial charge in [0.1, 0.15) is 10.7 Å². The molecule has 0 saturated carbocycles. The maximum Gasteiger partial charge on any atom is 0.265 e. The fraction of sp³-hybridized carbons (Fsp3) is 0.143. The SMILES string of the molecule is Cc1cccc(N(C)S(=O)(=O)c2cc(N)c(F)cc2Cl)c1. The molecule has 0 unspecified atom stereocenters. The van der Waals surface area contributed by atoms with E-state index in [1.54, 1.807) is 18.2 Å². The Morgan fingerprint density at radius 3 is 2.52 bits per heavy atom. The van der Waals surface area contributed by atoms with Crippen LogP contribution in [0, 0.1) is 12.7 Å². The zero-order valence-electron chi connectivity index (χ0n) is 11.5. The van der Waals surface area contributed by atoms with Crippen LogP contribution in [0.4, 0.5) is 15.8 Å². The third-order valence-electron chi connectivity index (χ3n) is 3.05. The van der Waals surface area contributed by atoms with E-state index in [2.05, 4.69) is 0 Å². The van der Waals surface area contributed by atoms with E-state index in [-0.39, 0.29) is 15.6 Å². The molecule has 0 spiro atoms. The molecule has 0 bridgehead atoms. The fourth-order valence-corrected chi connectivity index (χ4v) is 3.56. The van der Waals surface area contributed by atoms with Crippen LogP contribution in [-0.4, -0.2) is 15.5 Å². The molecule has 2 aromatic carbocycles. The zero-order valence-corrected chi connectivity index (χ0v) is 13.0. The van der Waals surface area contributed by atoms with Crippen molar-refractivity contribution in [3.8, 4) is 0 Å². The monoisotopic (exact) mass is 328 g/mol. The lowest BCUT2D eigenvalue weighted by Crippen LogP contribution is -2.27. The summed E-state index contributed by atoms with van der Waals surface area (Å²) in [6, 6.07) is 8.90. The first-order valence-electron chi connectivity index (χ1n) is 6.03. The Hall–Kier alpha value is -1.79. The highest BCUT2D eigenvalue weighted by atomic mass is 35.5. The molecular weight excluding hydrogens is 315 g/mol. The first kappa shape index (κ1) is 15.6. The average Bonchev–Trinajstić information content (AvgIpc) is 2.41. The highest BCUT2D eigenvalue weighted by molar-refractivity contribution is 7.93. The molecule has 0 amide bonds. The number of anilines is 2. The zero-order chi connectivity index (χ0) is 15.8. The molecular formula is C14H14ClFN2O2S. The maximum absolute atomic E-state index is 13.3. The van der Waals surface area contributed by atoms with Crippen molar-refractivity contribution in [2.45, 2.75) is 11.8 Å². The van der Waals surface area contributed by atoms with Crippen LogP contribution in [0.2, 0.25) is 5.02 Å². The molecule has 112 valence electrons. The van der Waals surface area contributed by atoms with Gasteiger partial charge in [0.05, 0.1) is 16.4 Å². The van der Waals surface area contributed by atoms with E-state index in [0.29, 0.717) is 5.69 Å². The van der Waals surface area contributed by atoms with E-state index in [1.165, 1.54) is 7.05 Å². The second-order valence-corrected chi connectivity index (χ2v) is 6.96. The number of nitrogen functional groups attached to an aromatic ring is 1. The van der Waals surface area contributed by atoms with Crippen molar-refractivity contribution in [1.29, 1.82) is 0 Å². The van der Waals surface area contributed by atoms with Gasteiger partial charge in [-0.3, -0.25) is 4.31 Å². The molecule has 0 atom stereocenters. The van der Waals surface area contributed by atoms with E-state index >= 15 is 0 Å². The summed E-state index contributed by atoms with van der Waals surface area (Å²) >= 11 is 5.85. The van der Waals surface area contributed by atoms with Gasteiger partial charge in [0.15, 0.2) is 0 Å². The van der Waals surface area contributed by atoms with Crippen LogP contribution in [0.5, 0.6) is 0 Å². The minimum absolute atomic E-state index is 0.207. The van der Waals surface area contributed by atoms with Crippen LogP contribution in [0.15, 0.2) is 41.3 Å². The third kappa shape index (κ3) is 2.96. The minimum Gasteiger partial charge on any atom is -0.396 e. The number of benzene rings is 2. The Morgan fingerprint density at radius 2 is 1.90 bits per heavy atom. The molecule has 2 rings (SSSR count). The molecule has 0 heterocycles. The molecule has 0 fully saturated rings. The lowest BCUT2D eigenvalue weighted by Gasteiger charge is -2.21. The Labute approximate surface area is 128 Å². The highest BCUT2D eigenvalue weighted by Crippen LogP contribution is 2.30. The molecule has 4 nitrogen and oxygen atoms in total. The van der Waals surface area contributed by atoms with Gasteiger partial charge in [-0.15, -0.1) is 0 Å². The maximum atomic E-state index is 13.3. The molecule has 0 aliphatic heterocycles. The van der Waals surface area contributed by atoms with Crippen molar-refractivity contribution >= 4 is 33.0 Å². The van der Waals surface area contributed by atoms with Crippen molar-refractivity contribution < 1.29 is 12.8 Å². The van der Waals surface area contributed by atoms with Crippen LogP contribution in [-0.2, 0) is 10.0 Å². The van der Waals surface area contributed by atoms with E-state index in [4.69, 9.17) is 17.3 Å². The standard InChI is InChI=1S/C14H14ClFN2O2S/c1-9-4-3-5-10(6-9)18(2)21(19,20)14-8-13(17)12(16)7-11(14)15/h3-8H,17H2,1-2H3. The molecule has 0 radical (unpaired) electrons. The minimum atomic E-state index is -3.92. The predicted molar refractivity (Wildman–Crippen MR) is 82.6 cm³/mol. The molecule has 2 aromatic rings. The van der Waals surface area contributed by atoms with Gasteiger partial charge in [-0.2, -0.15) is 0 Å². The van der Waals surface area contributed by atoms with Crippen LogP contribution in [0.3, 0.4) is 0 Å². The van der Waals surface area contributed by atoms with Crippen molar-refractivity contribution in [3.05, 3.63) is 52.8 Å². The number of aryl methyl sites for hydroxylation is 1. The van der Waals surface area contributed by atoms with Gasteiger partial charge in [-0.1, -0.05) is 23.7 Å². The molecule has 0 aromatic heterocycles. The van der Waals surface area contributed by atoms with Gasteiger partial charge in [0.25, 0.3) is 10.0 Å². The largest absolute Gasteiger partial charge is 0.396 e. The normalized spacial score (nSPS) is 11.4. The average molecular weight is 329 g/mol. The molecule has 21 heavy (non-hydrogen) atoms. The first-order valence-corrected chi connectivity index (χ1v) is 7.85. The topological polar surface area (TPSA) is 63.4 Å². The number of halogens is 2. The Balaban J connectivity index is 2.54. The summed E-state index contributed by atoms with van der Waals surface area (Å²) in [6.07, 6.45) is 0. The smallest absolute Gasteiger partial charge is 0.265 e. The Morgan fingerprint density at radius 1 is 1.24 bits per heavy atom. The van der Waals surface area contributed by atoms with Gasteiger partial charge in [-0.05, 0) is 36.8 Å².